The number of carbonyl (C=O) groups is 2. The first kappa shape index (κ1) is 25.7. The van der Waals surface area contributed by atoms with Gasteiger partial charge in [0.25, 0.3) is 5.91 Å². The van der Waals surface area contributed by atoms with E-state index in [2.05, 4.69) is 5.32 Å². The van der Waals surface area contributed by atoms with Crippen LogP contribution >= 0.6 is 0 Å². The lowest BCUT2D eigenvalue weighted by molar-refractivity contribution is -0.168. The van der Waals surface area contributed by atoms with Gasteiger partial charge in [-0.05, 0) is 54.3 Å². The lowest BCUT2D eigenvalue weighted by Gasteiger charge is -2.13. The number of carbonyl (C=O) groups excluding carboxylic acids is 2. The highest BCUT2D eigenvalue weighted by Crippen LogP contribution is 2.27. The molecule has 0 aliphatic rings. The van der Waals surface area contributed by atoms with Crippen molar-refractivity contribution in [3.8, 4) is 17.2 Å². The van der Waals surface area contributed by atoms with Gasteiger partial charge in [-0.1, -0.05) is 18.6 Å². The van der Waals surface area contributed by atoms with Gasteiger partial charge in [-0.15, -0.1) is 0 Å². The predicted octanol–water partition coefficient (Wildman–Crippen LogP) is 3.65. The third-order valence-electron chi connectivity index (χ3n) is 5.09. The zero-order valence-corrected chi connectivity index (χ0v) is 19.6. The van der Waals surface area contributed by atoms with Crippen LogP contribution in [0.25, 0.3) is 11.6 Å². The van der Waals surface area contributed by atoms with Crippen LogP contribution in [0, 0.1) is 0 Å². The van der Waals surface area contributed by atoms with Crippen molar-refractivity contribution in [2.24, 2.45) is 0 Å². The van der Waals surface area contributed by atoms with E-state index < -0.39 is 0 Å². The lowest BCUT2D eigenvalue weighted by atomic mass is 10.0. The molecule has 2 rings (SSSR count). The average Bonchev–Trinajstić information content (AvgIpc) is 2.84. The quantitative estimate of drug-likeness (QED) is 0.219. The van der Waals surface area contributed by atoms with Crippen LogP contribution in [0.1, 0.15) is 36.8 Å². The van der Waals surface area contributed by atoms with E-state index in [4.69, 9.17) is 14.3 Å². The van der Waals surface area contributed by atoms with Gasteiger partial charge in [-0.2, -0.15) is 0 Å². The molecular formula is C25H32N2O6. The number of nitrogens with zero attached hydrogens (tertiary/aromatic N) is 1. The Morgan fingerprint density at radius 3 is 2.18 bits per heavy atom. The summed E-state index contributed by atoms with van der Waals surface area (Å²) < 4.78 is 10.6. The molecule has 0 bridgehead atoms. The molecule has 0 spiro atoms. The Kier molecular flexibility index (Phi) is 10.2. The normalized spacial score (nSPS) is 11.1. The lowest BCUT2D eigenvalue weighted by Crippen LogP contribution is -2.26. The minimum absolute atomic E-state index is 0.0761. The first-order valence-electron chi connectivity index (χ1n) is 10.7. The van der Waals surface area contributed by atoms with Gasteiger partial charge in [0.2, 0.25) is 5.91 Å². The molecule has 8 heteroatoms. The Balaban J connectivity index is 2.09. The Morgan fingerprint density at radius 2 is 1.61 bits per heavy atom. The second-order valence-electron chi connectivity index (χ2n) is 7.39. The van der Waals surface area contributed by atoms with E-state index in [0.717, 1.165) is 18.4 Å². The number of hydrogen-bond donors (Lipinski definition) is 2. The summed E-state index contributed by atoms with van der Waals surface area (Å²) in [6.07, 6.45) is 4.41. The molecule has 2 N–H and O–H groups in total. The summed E-state index contributed by atoms with van der Waals surface area (Å²) in [5.74, 6) is 1.03. The minimum atomic E-state index is -0.238. The summed E-state index contributed by atoms with van der Waals surface area (Å²) >= 11 is 0. The average molecular weight is 457 g/mol. The Morgan fingerprint density at radius 1 is 0.970 bits per heavy atom. The van der Waals surface area contributed by atoms with Gasteiger partial charge in [-0.3, -0.25) is 14.4 Å². The Labute approximate surface area is 194 Å². The highest BCUT2D eigenvalue weighted by molar-refractivity contribution is 6.24. The number of ether oxygens (including phenoxy) is 2. The molecule has 178 valence electrons. The van der Waals surface area contributed by atoms with Crippen LogP contribution in [-0.4, -0.2) is 56.9 Å². The third kappa shape index (κ3) is 8.16. The van der Waals surface area contributed by atoms with E-state index >= 15 is 0 Å². The zero-order valence-electron chi connectivity index (χ0n) is 19.6. The second-order valence-corrected chi connectivity index (χ2v) is 7.39. The molecule has 0 aliphatic carbocycles. The number of amides is 2. The number of hydroxylamine groups is 2. The van der Waals surface area contributed by atoms with Crippen molar-refractivity contribution in [2.75, 3.05) is 34.9 Å². The van der Waals surface area contributed by atoms with Crippen LogP contribution in [0.4, 0.5) is 0 Å². The molecule has 2 aromatic rings. The fourth-order valence-electron chi connectivity index (χ4n) is 3.13. The van der Waals surface area contributed by atoms with Crippen LogP contribution in [0.15, 0.2) is 42.5 Å². The largest absolute Gasteiger partial charge is 0.508 e. The molecule has 0 fully saturated rings. The molecule has 0 saturated heterocycles. The topological polar surface area (TPSA) is 97.3 Å². The van der Waals surface area contributed by atoms with Crippen molar-refractivity contribution in [3.63, 3.8) is 0 Å². The molecule has 2 aromatic carbocycles. The first-order valence-corrected chi connectivity index (χ1v) is 10.7. The van der Waals surface area contributed by atoms with Gasteiger partial charge in [0.05, 0.1) is 21.3 Å². The van der Waals surface area contributed by atoms with Crippen molar-refractivity contribution in [1.82, 2.24) is 10.4 Å². The number of methoxy groups -OCH3 is 2. The molecule has 0 aromatic heterocycles. The first-order chi connectivity index (χ1) is 15.9. The standard InChI is InChI=1S/C25H32N2O6/c1-27(33-4)24(29)8-6-5-7-13-26-25(30)23(19-9-11-20(28)12-10-19)16-18-14-21(31-2)17-22(15-18)32-3/h9-12,14-17,28H,5-8,13H2,1-4H3,(H,26,30)/b23-16-. The molecule has 0 unspecified atom stereocenters. The van der Waals surface area contributed by atoms with E-state index in [-0.39, 0.29) is 17.6 Å². The maximum atomic E-state index is 13.0. The minimum Gasteiger partial charge on any atom is -0.508 e. The molecule has 0 radical (unpaired) electrons. The molecule has 2 amide bonds. The summed E-state index contributed by atoms with van der Waals surface area (Å²) in [7, 11) is 6.17. The molecule has 33 heavy (non-hydrogen) atoms. The van der Waals surface area contributed by atoms with Crippen LogP contribution in [0.2, 0.25) is 0 Å². The Hall–Kier alpha value is -3.52. The monoisotopic (exact) mass is 456 g/mol. The summed E-state index contributed by atoms with van der Waals surface area (Å²) in [5, 5.41) is 13.8. The highest BCUT2D eigenvalue weighted by atomic mass is 16.7. The maximum absolute atomic E-state index is 13.0. The smallest absolute Gasteiger partial charge is 0.251 e. The molecule has 0 saturated carbocycles. The van der Waals surface area contributed by atoms with Crippen LogP contribution in [0.5, 0.6) is 17.2 Å². The van der Waals surface area contributed by atoms with E-state index in [9.17, 15) is 14.7 Å². The number of phenolic OH excluding ortho intramolecular Hbond substituents is 1. The van der Waals surface area contributed by atoms with E-state index in [0.29, 0.717) is 42.0 Å². The highest BCUT2D eigenvalue weighted by Gasteiger charge is 2.13. The number of phenols is 1. The van der Waals surface area contributed by atoms with E-state index in [1.54, 1.807) is 45.5 Å². The second kappa shape index (κ2) is 13.1. The molecule has 0 aliphatic heterocycles. The van der Waals surface area contributed by atoms with E-state index in [1.807, 2.05) is 12.1 Å². The summed E-state index contributed by atoms with van der Waals surface area (Å²) in [4.78, 5) is 29.6. The van der Waals surface area contributed by atoms with Crippen molar-refractivity contribution < 1.29 is 29.0 Å². The van der Waals surface area contributed by atoms with Crippen molar-refractivity contribution >= 4 is 23.5 Å². The number of hydrogen-bond acceptors (Lipinski definition) is 6. The van der Waals surface area contributed by atoms with Crippen LogP contribution < -0.4 is 14.8 Å². The van der Waals surface area contributed by atoms with Crippen molar-refractivity contribution in [3.05, 3.63) is 53.6 Å². The van der Waals surface area contributed by atoms with E-state index in [1.165, 1.54) is 24.3 Å². The number of unbranched alkanes of at least 4 members (excludes halogenated alkanes) is 2. The SMILES string of the molecule is COc1cc(/C=C(\C(=O)NCCCCCC(=O)N(C)OC)c2ccc(O)cc2)cc(OC)c1. The van der Waals surface area contributed by atoms with Crippen LogP contribution in [-0.2, 0) is 14.4 Å². The van der Waals surface area contributed by atoms with Gasteiger partial charge < -0.3 is 19.9 Å². The third-order valence-corrected chi connectivity index (χ3v) is 5.09. The maximum Gasteiger partial charge on any atom is 0.251 e. The van der Waals surface area contributed by atoms with Crippen LogP contribution in [0.3, 0.4) is 0 Å². The predicted molar refractivity (Wildman–Crippen MR) is 127 cm³/mol. The number of benzene rings is 2. The number of nitrogens with one attached hydrogen (secondary N) is 1. The van der Waals surface area contributed by atoms with Gasteiger partial charge in [0, 0.05) is 31.7 Å². The molecule has 0 heterocycles. The van der Waals surface area contributed by atoms with Gasteiger partial charge in [0.1, 0.15) is 17.2 Å². The fraction of sp³-hybridized carbons (Fsp3) is 0.360. The van der Waals surface area contributed by atoms with Gasteiger partial charge in [-0.25, -0.2) is 5.06 Å². The molecule has 8 nitrogen and oxygen atoms in total. The number of aromatic hydroxyl groups is 1. The van der Waals surface area contributed by atoms with Gasteiger partial charge in [0.15, 0.2) is 0 Å². The summed E-state index contributed by atoms with van der Waals surface area (Å²) in [6.45, 7) is 0.476. The van der Waals surface area contributed by atoms with Gasteiger partial charge >= 0.3 is 0 Å². The molecular weight excluding hydrogens is 424 g/mol. The number of rotatable bonds is 12. The zero-order chi connectivity index (χ0) is 24.2. The summed E-state index contributed by atoms with van der Waals surface area (Å²) in [6, 6.07) is 11.8. The Bertz CT molecular complexity index is 934. The fourth-order valence-corrected chi connectivity index (χ4v) is 3.13. The summed E-state index contributed by atoms with van der Waals surface area (Å²) in [5.41, 5.74) is 1.85. The van der Waals surface area contributed by atoms with Crippen molar-refractivity contribution in [2.45, 2.75) is 25.7 Å². The molecule has 0 atom stereocenters. The van der Waals surface area contributed by atoms with Crippen molar-refractivity contribution in [1.29, 1.82) is 0 Å².